The van der Waals surface area contributed by atoms with Crippen molar-refractivity contribution >= 4 is 18.0 Å². The van der Waals surface area contributed by atoms with E-state index in [1.54, 1.807) is 4.90 Å². The summed E-state index contributed by atoms with van der Waals surface area (Å²) in [6.45, 7) is 0.832. The zero-order chi connectivity index (χ0) is 23.8. The Balaban J connectivity index is 1.56. The van der Waals surface area contributed by atoms with Crippen molar-refractivity contribution in [3.63, 3.8) is 0 Å². The van der Waals surface area contributed by atoms with Gasteiger partial charge in [-0.25, -0.2) is 4.79 Å². The molecule has 0 aromatic heterocycles. The number of alkyl carbamates (subject to hydrolysis) is 1. The van der Waals surface area contributed by atoms with Gasteiger partial charge in [0.25, 0.3) is 0 Å². The van der Waals surface area contributed by atoms with Gasteiger partial charge in [0.05, 0.1) is 0 Å². The number of amides is 2. The highest BCUT2D eigenvalue weighted by Crippen LogP contribution is 2.44. The number of fused-ring (bicyclic) bond motifs is 3. The fraction of sp³-hybridized carbons (Fsp3) is 0.400. The van der Waals surface area contributed by atoms with Gasteiger partial charge in [-0.15, -0.1) is 0 Å². The van der Waals surface area contributed by atoms with E-state index in [-0.39, 0.29) is 24.9 Å². The van der Waals surface area contributed by atoms with Crippen LogP contribution >= 0.6 is 0 Å². The van der Waals surface area contributed by atoms with Crippen LogP contribution in [0.15, 0.2) is 48.5 Å². The van der Waals surface area contributed by atoms with Crippen LogP contribution in [-0.2, 0) is 14.3 Å². The number of nitrogens with zero attached hydrogens (tertiary/aromatic N) is 1. The topological polar surface area (TPSA) is 108 Å². The number of likely N-dealkylation sites (N-methyl/N-ethyl adjacent to an activating group) is 1. The zero-order valence-electron chi connectivity index (χ0n) is 19.0. The lowest BCUT2D eigenvalue weighted by Gasteiger charge is -2.22. The molecule has 1 aliphatic carbocycles. The summed E-state index contributed by atoms with van der Waals surface area (Å²) in [5.74, 6) is -1.24. The highest BCUT2D eigenvalue weighted by Gasteiger charge is 2.29. The summed E-state index contributed by atoms with van der Waals surface area (Å²) in [6, 6.07) is 15.4. The molecule has 3 N–H and O–H groups in total. The molecular weight excluding hydrogens is 422 g/mol. The first kappa shape index (κ1) is 24.3. The zero-order valence-corrected chi connectivity index (χ0v) is 19.0. The maximum Gasteiger partial charge on any atom is 0.407 e. The Hall–Kier alpha value is -3.39. The fourth-order valence-corrected chi connectivity index (χ4v) is 4.08. The third kappa shape index (κ3) is 6.55. The van der Waals surface area contributed by atoms with Crippen LogP contribution in [0.5, 0.6) is 0 Å². The summed E-state index contributed by atoms with van der Waals surface area (Å²) < 4.78 is 5.56. The number of carbonyl (C=O) groups excluding carboxylic acids is 2. The lowest BCUT2D eigenvalue weighted by Crippen LogP contribution is -2.52. The second kappa shape index (κ2) is 11.5. The Bertz CT molecular complexity index is 946. The van der Waals surface area contributed by atoms with E-state index >= 15 is 0 Å². The first-order valence-corrected chi connectivity index (χ1v) is 11.1. The van der Waals surface area contributed by atoms with Crippen molar-refractivity contribution in [2.45, 2.75) is 31.2 Å². The Morgan fingerprint density at radius 2 is 1.61 bits per heavy atom. The van der Waals surface area contributed by atoms with E-state index in [4.69, 9.17) is 9.84 Å². The number of carbonyl (C=O) groups is 3. The maximum absolute atomic E-state index is 12.6. The molecule has 0 heterocycles. The van der Waals surface area contributed by atoms with Gasteiger partial charge in [0.2, 0.25) is 5.91 Å². The number of hydrogen-bond acceptors (Lipinski definition) is 5. The lowest BCUT2D eigenvalue weighted by atomic mass is 9.98. The molecule has 8 nitrogen and oxygen atoms in total. The molecule has 0 bridgehead atoms. The first-order valence-electron chi connectivity index (χ1n) is 11.1. The van der Waals surface area contributed by atoms with Crippen LogP contribution in [0.25, 0.3) is 11.1 Å². The SMILES string of the molecule is CN(C)C[C@H](NC(=O)OCC1c2ccccc2-c2ccccc21)C(=O)NCCCCC(=O)O. The van der Waals surface area contributed by atoms with Gasteiger partial charge in [-0.2, -0.15) is 0 Å². The summed E-state index contributed by atoms with van der Waals surface area (Å²) in [6.07, 6.45) is 0.449. The Labute approximate surface area is 193 Å². The molecule has 2 amide bonds. The van der Waals surface area contributed by atoms with E-state index in [1.807, 2.05) is 50.5 Å². The quantitative estimate of drug-likeness (QED) is 0.452. The largest absolute Gasteiger partial charge is 0.481 e. The molecule has 0 saturated carbocycles. The number of carboxylic acids is 1. The minimum Gasteiger partial charge on any atom is -0.481 e. The lowest BCUT2D eigenvalue weighted by molar-refractivity contribution is -0.137. The summed E-state index contributed by atoms with van der Waals surface area (Å²) in [4.78, 5) is 37.5. The molecule has 0 saturated heterocycles. The average molecular weight is 454 g/mol. The van der Waals surface area contributed by atoms with E-state index in [0.29, 0.717) is 25.9 Å². The molecule has 3 rings (SSSR count). The molecule has 0 aliphatic heterocycles. The predicted molar refractivity (Wildman–Crippen MR) is 125 cm³/mol. The van der Waals surface area contributed by atoms with E-state index in [1.165, 1.54) is 0 Å². The Morgan fingerprint density at radius 1 is 1.00 bits per heavy atom. The molecule has 1 aliphatic rings. The molecular formula is C25H31N3O5. The highest BCUT2D eigenvalue weighted by atomic mass is 16.5. The van der Waals surface area contributed by atoms with Gasteiger partial charge < -0.3 is 25.4 Å². The highest BCUT2D eigenvalue weighted by molar-refractivity contribution is 5.86. The minimum absolute atomic E-state index is 0.0569. The van der Waals surface area contributed by atoms with Crippen molar-refractivity contribution in [1.29, 1.82) is 0 Å². The number of benzene rings is 2. The average Bonchev–Trinajstić information content (AvgIpc) is 3.10. The number of ether oxygens (including phenoxy) is 1. The monoisotopic (exact) mass is 453 g/mol. The van der Waals surface area contributed by atoms with Gasteiger partial charge in [0.15, 0.2) is 0 Å². The molecule has 2 aromatic carbocycles. The third-order valence-corrected chi connectivity index (χ3v) is 5.62. The van der Waals surface area contributed by atoms with Crippen LogP contribution in [0.3, 0.4) is 0 Å². The number of hydrogen-bond donors (Lipinski definition) is 3. The molecule has 0 fully saturated rings. The van der Waals surface area contributed by atoms with Crippen LogP contribution in [-0.4, -0.2) is 67.8 Å². The molecule has 1 atom stereocenters. The first-order chi connectivity index (χ1) is 15.9. The van der Waals surface area contributed by atoms with Crippen LogP contribution in [0.4, 0.5) is 4.79 Å². The standard InChI is InChI=1S/C25H31N3O5/c1-28(2)15-22(24(31)26-14-8-7-13-23(29)30)27-25(32)33-16-21-19-11-5-3-9-17(19)18-10-4-6-12-20(18)21/h3-6,9-12,21-22H,7-8,13-16H2,1-2H3,(H,26,31)(H,27,32)(H,29,30)/t22-/m0/s1. The summed E-state index contributed by atoms with van der Waals surface area (Å²) in [5, 5.41) is 14.1. The molecule has 0 spiro atoms. The molecule has 33 heavy (non-hydrogen) atoms. The normalized spacial score (nSPS) is 13.2. The van der Waals surface area contributed by atoms with Crippen LogP contribution in [0, 0.1) is 0 Å². The van der Waals surface area contributed by atoms with Crippen molar-refractivity contribution in [3.05, 3.63) is 59.7 Å². The fourth-order valence-electron chi connectivity index (χ4n) is 4.08. The third-order valence-electron chi connectivity index (χ3n) is 5.62. The molecule has 0 unspecified atom stereocenters. The van der Waals surface area contributed by atoms with Gasteiger partial charge >= 0.3 is 12.1 Å². The van der Waals surface area contributed by atoms with Crippen LogP contribution in [0.1, 0.15) is 36.3 Å². The van der Waals surface area contributed by atoms with E-state index in [9.17, 15) is 14.4 Å². The molecule has 8 heteroatoms. The number of rotatable bonds is 11. The van der Waals surface area contributed by atoms with Crippen molar-refractivity contribution in [2.24, 2.45) is 0 Å². The maximum atomic E-state index is 12.6. The van der Waals surface area contributed by atoms with Crippen LogP contribution < -0.4 is 10.6 Å². The summed E-state index contributed by atoms with van der Waals surface area (Å²) in [5.41, 5.74) is 4.54. The second-order valence-electron chi connectivity index (χ2n) is 8.43. The summed E-state index contributed by atoms with van der Waals surface area (Å²) >= 11 is 0. The van der Waals surface area contributed by atoms with Gasteiger partial charge in [0.1, 0.15) is 12.6 Å². The van der Waals surface area contributed by atoms with Crippen molar-refractivity contribution in [2.75, 3.05) is 33.8 Å². The smallest absolute Gasteiger partial charge is 0.407 e. The number of aliphatic carboxylic acids is 1. The van der Waals surface area contributed by atoms with Crippen LogP contribution in [0.2, 0.25) is 0 Å². The summed E-state index contributed by atoms with van der Waals surface area (Å²) in [7, 11) is 3.62. The van der Waals surface area contributed by atoms with Gasteiger partial charge in [0, 0.05) is 25.4 Å². The number of carboxylic acid groups (broad SMARTS) is 1. The molecule has 2 aromatic rings. The van der Waals surface area contributed by atoms with Crippen molar-refractivity contribution < 1.29 is 24.2 Å². The minimum atomic E-state index is -0.858. The van der Waals surface area contributed by atoms with Gasteiger partial charge in [-0.05, 0) is 49.2 Å². The molecule has 0 radical (unpaired) electrons. The van der Waals surface area contributed by atoms with Crippen molar-refractivity contribution in [1.82, 2.24) is 15.5 Å². The van der Waals surface area contributed by atoms with Gasteiger partial charge in [-0.1, -0.05) is 48.5 Å². The molecule has 176 valence electrons. The Kier molecular flexibility index (Phi) is 8.43. The predicted octanol–water partition coefficient (Wildman–Crippen LogP) is 2.83. The Morgan fingerprint density at radius 3 is 2.18 bits per heavy atom. The van der Waals surface area contributed by atoms with Gasteiger partial charge in [-0.3, -0.25) is 9.59 Å². The van der Waals surface area contributed by atoms with Crippen molar-refractivity contribution in [3.8, 4) is 11.1 Å². The van der Waals surface area contributed by atoms with E-state index in [2.05, 4.69) is 22.8 Å². The number of unbranched alkanes of at least 4 members (excludes halogenated alkanes) is 1. The van der Waals surface area contributed by atoms with E-state index < -0.39 is 18.1 Å². The van der Waals surface area contributed by atoms with E-state index in [0.717, 1.165) is 22.3 Å². The second-order valence-corrected chi connectivity index (χ2v) is 8.43. The number of nitrogens with one attached hydrogen (secondary N) is 2.